The largest absolute Gasteiger partial charge is 0.356 e. The van der Waals surface area contributed by atoms with E-state index in [9.17, 15) is 4.79 Å². The van der Waals surface area contributed by atoms with Crippen molar-refractivity contribution in [1.29, 1.82) is 0 Å². The third kappa shape index (κ3) is 8.46. The van der Waals surface area contributed by atoms with Gasteiger partial charge in [-0.2, -0.15) is 0 Å². The average Bonchev–Trinajstić information content (AvgIpc) is 2.10. The average molecular weight is 213 g/mol. The molecule has 0 fully saturated rings. The van der Waals surface area contributed by atoms with Gasteiger partial charge in [0.1, 0.15) is 0 Å². The van der Waals surface area contributed by atoms with E-state index >= 15 is 0 Å². The molecule has 1 N–H and O–H groups in total. The van der Waals surface area contributed by atoms with Crippen molar-refractivity contribution in [3.05, 3.63) is 0 Å². The van der Waals surface area contributed by atoms with Gasteiger partial charge in [0.05, 0.1) is 0 Å². The number of carbonyl (C=O) groups is 1. The Morgan fingerprint density at radius 1 is 1.07 bits per heavy atom. The van der Waals surface area contributed by atoms with E-state index in [1.165, 1.54) is 6.42 Å². The Labute approximate surface area is 94.8 Å². The van der Waals surface area contributed by atoms with E-state index in [2.05, 4.69) is 33.0 Å². The summed E-state index contributed by atoms with van der Waals surface area (Å²) < 4.78 is 0. The summed E-state index contributed by atoms with van der Waals surface area (Å²) in [5.41, 5.74) is 0. The fourth-order valence-electron chi connectivity index (χ4n) is 1.71. The Kier molecular flexibility index (Phi) is 7.45. The van der Waals surface area contributed by atoms with Crippen LogP contribution >= 0.6 is 0 Å². The van der Waals surface area contributed by atoms with Crippen LogP contribution < -0.4 is 5.32 Å². The standard InChI is InChI=1S/C13H27NO/c1-10(2)7-6-8-14-13(15)12(5)9-11(3)4/h10-12H,6-9H2,1-5H3,(H,14,15)/t12-/m0/s1. The van der Waals surface area contributed by atoms with Crippen molar-refractivity contribution >= 4 is 5.91 Å². The summed E-state index contributed by atoms with van der Waals surface area (Å²) in [6.45, 7) is 11.6. The maximum Gasteiger partial charge on any atom is 0.222 e. The minimum Gasteiger partial charge on any atom is -0.356 e. The lowest BCUT2D eigenvalue weighted by Gasteiger charge is -2.14. The van der Waals surface area contributed by atoms with E-state index in [1.807, 2.05) is 6.92 Å². The van der Waals surface area contributed by atoms with Crippen molar-refractivity contribution in [3.63, 3.8) is 0 Å². The molecule has 0 aromatic carbocycles. The van der Waals surface area contributed by atoms with Crippen molar-refractivity contribution in [3.8, 4) is 0 Å². The van der Waals surface area contributed by atoms with Crippen LogP contribution in [-0.4, -0.2) is 12.5 Å². The van der Waals surface area contributed by atoms with Crippen LogP contribution in [0.2, 0.25) is 0 Å². The highest BCUT2D eigenvalue weighted by atomic mass is 16.1. The van der Waals surface area contributed by atoms with Gasteiger partial charge in [0.2, 0.25) is 5.91 Å². The van der Waals surface area contributed by atoms with Gasteiger partial charge in [-0.15, -0.1) is 0 Å². The van der Waals surface area contributed by atoms with E-state index in [1.54, 1.807) is 0 Å². The van der Waals surface area contributed by atoms with E-state index in [0.717, 1.165) is 25.3 Å². The highest BCUT2D eigenvalue weighted by molar-refractivity contribution is 5.78. The van der Waals surface area contributed by atoms with Gasteiger partial charge in [0.25, 0.3) is 0 Å². The number of nitrogens with one attached hydrogen (secondary N) is 1. The van der Waals surface area contributed by atoms with E-state index < -0.39 is 0 Å². The van der Waals surface area contributed by atoms with Crippen LogP contribution in [0.25, 0.3) is 0 Å². The zero-order valence-electron chi connectivity index (χ0n) is 11.0. The van der Waals surface area contributed by atoms with Crippen molar-refractivity contribution in [2.75, 3.05) is 6.54 Å². The Morgan fingerprint density at radius 2 is 1.67 bits per heavy atom. The summed E-state index contributed by atoms with van der Waals surface area (Å²) in [6, 6.07) is 0. The molecule has 0 rings (SSSR count). The third-order valence-corrected chi connectivity index (χ3v) is 2.53. The van der Waals surface area contributed by atoms with Crippen LogP contribution in [0.5, 0.6) is 0 Å². The predicted octanol–water partition coefficient (Wildman–Crippen LogP) is 3.22. The zero-order valence-corrected chi connectivity index (χ0v) is 11.0. The van der Waals surface area contributed by atoms with Gasteiger partial charge < -0.3 is 5.32 Å². The molecule has 0 aliphatic carbocycles. The molecule has 1 amide bonds. The predicted molar refractivity (Wildman–Crippen MR) is 65.7 cm³/mol. The smallest absolute Gasteiger partial charge is 0.222 e. The van der Waals surface area contributed by atoms with Gasteiger partial charge in [0, 0.05) is 12.5 Å². The normalized spacial score (nSPS) is 13.3. The summed E-state index contributed by atoms with van der Waals surface area (Å²) in [7, 11) is 0. The number of amides is 1. The molecule has 0 saturated carbocycles. The van der Waals surface area contributed by atoms with Gasteiger partial charge in [0.15, 0.2) is 0 Å². The Morgan fingerprint density at radius 3 is 2.13 bits per heavy atom. The maximum absolute atomic E-state index is 11.6. The quantitative estimate of drug-likeness (QED) is 0.646. The van der Waals surface area contributed by atoms with Crippen LogP contribution in [0.15, 0.2) is 0 Å². The molecule has 0 spiro atoms. The lowest BCUT2D eigenvalue weighted by Crippen LogP contribution is -2.30. The number of hydrogen-bond acceptors (Lipinski definition) is 1. The van der Waals surface area contributed by atoms with Gasteiger partial charge in [-0.05, 0) is 31.1 Å². The molecule has 1 atom stereocenters. The van der Waals surface area contributed by atoms with Gasteiger partial charge in [-0.1, -0.05) is 34.6 Å². The minimum absolute atomic E-state index is 0.157. The number of rotatable bonds is 7. The second kappa shape index (κ2) is 7.72. The van der Waals surface area contributed by atoms with Crippen LogP contribution in [0.1, 0.15) is 53.9 Å². The molecule has 0 heterocycles. The molecule has 0 aromatic rings. The number of hydrogen-bond donors (Lipinski definition) is 1. The van der Waals surface area contributed by atoms with E-state index in [0.29, 0.717) is 5.92 Å². The second-order valence-electron chi connectivity index (χ2n) is 5.36. The van der Waals surface area contributed by atoms with Crippen LogP contribution in [0.3, 0.4) is 0 Å². The van der Waals surface area contributed by atoms with Crippen molar-refractivity contribution in [2.45, 2.75) is 53.9 Å². The molecule has 2 heteroatoms. The summed E-state index contributed by atoms with van der Waals surface area (Å²) >= 11 is 0. The van der Waals surface area contributed by atoms with E-state index in [-0.39, 0.29) is 11.8 Å². The first-order chi connectivity index (χ1) is 6.93. The fraction of sp³-hybridized carbons (Fsp3) is 0.923. The maximum atomic E-state index is 11.6. The van der Waals surface area contributed by atoms with Gasteiger partial charge >= 0.3 is 0 Å². The summed E-state index contributed by atoms with van der Waals surface area (Å²) in [6.07, 6.45) is 3.27. The number of carbonyl (C=O) groups excluding carboxylic acids is 1. The molecule has 0 radical (unpaired) electrons. The molecule has 15 heavy (non-hydrogen) atoms. The Balaban J connectivity index is 3.56. The summed E-state index contributed by atoms with van der Waals surface area (Å²) in [5, 5.41) is 3.00. The van der Waals surface area contributed by atoms with Crippen LogP contribution in [0, 0.1) is 17.8 Å². The molecular weight excluding hydrogens is 186 g/mol. The molecule has 0 aromatic heterocycles. The lowest BCUT2D eigenvalue weighted by atomic mass is 9.98. The minimum atomic E-state index is 0.157. The SMILES string of the molecule is CC(C)CCCNC(=O)[C@@H](C)CC(C)C. The highest BCUT2D eigenvalue weighted by Crippen LogP contribution is 2.10. The molecule has 0 saturated heterocycles. The first kappa shape index (κ1) is 14.5. The first-order valence-corrected chi connectivity index (χ1v) is 6.21. The van der Waals surface area contributed by atoms with Gasteiger partial charge in [-0.25, -0.2) is 0 Å². The van der Waals surface area contributed by atoms with E-state index in [4.69, 9.17) is 0 Å². The van der Waals surface area contributed by atoms with Crippen molar-refractivity contribution < 1.29 is 4.79 Å². The summed E-state index contributed by atoms with van der Waals surface area (Å²) in [5.74, 6) is 1.70. The first-order valence-electron chi connectivity index (χ1n) is 6.21. The van der Waals surface area contributed by atoms with Crippen LogP contribution in [0.4, 0.5) is 0 Å². The molecule has 0 aliphatic rings. The molecule has 90 valence electrons. The summed E-state index contributed by atoms with van der Waals surface area (Å²) in [4.78, 5) is 11.6. The molecule has 0 unspecified atom stereocenters. The molecular formula is C13H27NO. The molecule has 2 nitrogen and oxygen atoms in total. The topological polar surface area (TPSA) is 29.1 Å². The zero-order chi connectivity index (χ0) is 11.8. The third-order valence-electron chi connectivity index (χ3n) is 2.53. The Hall–Kier alpha value is -0.530. The second-order valence-corrected chi connectivity index (χ2v) is 5.36. The molecule has 0 aliphatic heterocycles. The monoisotopic (exact) mass is 213 g/mol. The van der Waals surface area contributed by atoms with Crippen LogP contribution in [-0.2, 0) is 4.79 Å². The van der Waals surface area contributed by atoms with Crippen molar-refractivity contribution in [1.82, 2.24) is 5.32 Å². The van der Waals surface area contributed by atoms with Crippen molar-refractivity contribution in [2.24, 2.45) is 17.8 Å². The fourth-order valence-corrected chi connectivity index (χ4v) is 1.71. The lowest BCUT2D eigenvalue weighted by molar-refractivity contribution is -0.124. The van der Waals surface area contributed by atoms with Gasteiger partial charge in [-0.3, -0.25) is 4.79 Å². The highest BCUT2D eigenvalue weighted by Gasteiger charge is 2.13. The molecule has 0 bridgehead atoms. The Bertz CT molecular complexity index is 175.